The van der Waals surface area contributed by atoms with Crippen LogP contribution in [0.1, 0.15) is 41.4 Å². The Morgan fingerprint density at radius 2 is 1.72 bits per heavy atom. The third-order valence-corrected chi connectivity index (χ3v) is 9.38. The van der Waals surface area contributed by atoms with E-state index < -0.39 is 0 Å². The quantitative estimate of drug-likeness (QED) is 0.135. The molecule has 0 fully saturated rings. The van der Waals surface area contributed by atoms with Crippen LogP contribution in [0.5, 0.6) is 0 Å². The Morgan fingerprint density at radius 3 is 2.54 bits per heavy atom. The Morgan fingerprint density at radius 1 is 0.913 bits per heavy atom. The van der Waals surface area contributed by atoms with Crippen LogP contribution in [-0.2, 0) is 0 Å². The van der Waals surface area contributed by atoms with Crippen LogP contribution in [0, 0.1) is 5.92 Å². The number of allylic oxidation sites excluding steroid dienone is 4. The zero-order valence-corrected chi connectivity index (χ0v) is 25.7. The summed E-state index contributed by atoms with van der Waals surface area (Å²) in [6, 6.07) is 27.6. The van der Waals surface area contributed by atoms with Crippen LogP contribution in [0.4, 0.5) is 5.69 Å². The van der Waals surface area contributed by atoms with E-state index in [-0.39, 0.29) is 24.3 Å². The SMILES string of the molecule is C=C(NC(N[C@H](N)c1ccccc1)C1=CCCC=C1)c1ccc(N2C3=C(NC=Cc4c3[nH]c3ccccc43)C3C=CC=CC32)cc1. The Balaban J connectivity index is 1.10. The van der Waals surface area contributed by atoms with Crippen LogP contribution in [0.25, 0.3) is 28.4 Å². The highest BCUT2D eigenvalue weighted by Crippen LogP contribution is 2.46. The minimum atomic E-state index is -0.328. The van der Waals surface area contributed by atoms with Crippen molar-refractivity contribution in [3.63, 3.8) is 0 Å². The fourth-order valence-corrected chi connectivity index (χ4v) is 7.09. The van der Waals surface area contributed by atoms with Gasteiger partial charge in [0.25, 0.3) is 0 Å². The molecule has 0 saturated heterocycles. The number of nitrogens with zero attached hydrogens (tertiary/aromatic N) is 1. The number of fused-ring (bicyclic) bond motifs is 6. The van der Waals surface area contributed by atoms with E-state index in [1.165, 1.54) is 27.9 Å². The van der Waals surface area contributed by atoms with Gasteiger partial charge in [-0.2, -0.15) is 0 Å². The van der Waals surface area contributed by atoms with Gasteiger partial charge in [-0.3, -0.25) is 5.32 Å². The number of anilines is 1. The molecule has 4 aromatic rings. The van der Waals surface area contributed by atoms with Gasteiger partial charge in [0.2, 0.25) is 0 Å². The topological polar surface area (TPSA) is 81.1 Å². The first-order chi connectivity index (χ1) is 22.7. The predicted molar refractivity (Wildman–Crippen MR) is 191 cm³/mol. The number of aromatic nitrogens is 1. The van der Waals surface area contributed by atoms with E-state index in [2.05, 4.69) is 136 Å². The Kier molecular flexibility index (Phi) is 7.29. The summed E-state index contributed by atoms with van der Waals surface area (Å²) in [4.78, 5) is 6.22. The maximum atomic E-state index is 6.62. The van der Waals surface area contributed by atoms with Gasteiger partial charge in [-0.25, -0.2) is 0 Å². The number of aromatic amines is 1. The Bertz CT molecular complexity index is 1970. The molecule has 1 aromatic heterocycles. The standard InChI is InChI=1S/C40H38N6/c1-26(43-40(29-14-6-3-7-15-29)45-39(41)28-12-4-2-5-13-28)27-20-22-30(23-21-27)46-35-19-11-9-17-33(35)36-38(46)37-32(24-25-42-36)31-16-8-10-18-34(31)44-37/h2,4-6,8-25,33,35,39-40,42-45H,1,3,7,41H2/t33?,35?,39-,40?/m0/s1. The second-order valence-corrected chi connectivity index (χ2v) is 12.2. The smallest absolute Gasteiger partial charge is 0.104 e. The van der Waals surface area contributed by atoms with Gasteiger partial charge < -0.3 is 26.3 Å². The molecule has 4 atom stereocenters. The summed E-state index contributed by atoms with van der Waals surface area (Å²) in [5.74, 6) is 0.218. The van der Waals surface area contributed by atoms with Crippen molar-refractivity contribution in [3.05, 3.63) is 168 Å². The number of benzene rings is 3. The van der Waals surface area contributed by atoms with Crippen molar-refractivity contribution < 1.29 is 0 Å². The molecule has 3 heterocycles. The minimum absolute atomic E-state index is 0.165. The normalized spacial score (nSPS) is 20.8. The molecule has 0 spiro atoms. The van der Waals surface area contributed by atoms with Crippen molar-refractivity contribution in [2.75, 3.05) is 4.90 Å². The van der Waals surface area contributed by atoms with Crippen molar-refractivity contribution in [2.24, 2.45) is 11.7 Å². The highest BCUT2D eigenvalue weighted by atomic mass is 15.2. The third-order valence-electron chi connectivity index (χ3n) is 9.38. The van der Waals surface area contributed by atoms with Crippen molar-refractivity contribution in [1.29, 1.82) is 0 Å². The summed E-state index contributed by atoms with van der Waals surface area (Å²) in [5, 5.41) is 12.1. The van der Waals surface area contributed by atoms with E-state index in [1.807, 2.05) is 30.3 Å². The molecular formula is C40H38N6. The summed E-state index contributed by atoms with van der Waals surface area (Å²) < 4.78 is 0. The molecule has 2 aliphatic carbocycles. The van der Waals surface area contributed by atoms with Gasteiger partial charge in [0.1, 0.15) is 6.17 Å². The first-order valence-electron chi connectivity index (χ1n) is 16.1. The second-order valence-electron chi connectivity index (χ2n) is 12.2. The van der Waals surface area contributed by atoms with E-state index in [9.17, 15) is 0 Å². The fourth-order valence-electron chi connectivity index (χ4n) is 7.09. The molecule has 2 aliphatic heterocycles. The molecule has 8 rings (SSSR count). The van der Waals surface area contributed by atoms with Gasteiger partial charge in [-0.1, -0.05) is 110 Å². The van der Waals surface area contributed by atoms with E-state index >= 15 is 0 Å². The van der Waals surface area contributed by atoms with E-state index in [4.69, 9.17) is 5.73 Å². The lowest BCUT2D eigenvalue weighted by Crippen LogP contribution is -2.46. The Hall–Kier alpha value is -5.30. The molecule has 3 unspecified atom stereocenters. The fraction of sp³-hybridized carbons (Fsp3) is 0.150. The summed E-state index contributed by atoms with van der Waals surface area (Å²) in [6.07, 6.45) is 21.4. The molecule has 46 heavy (non-hydrogen) atoms. The van der Waals surface area contributed by atoms with E-state index in [0.29, 0.717) is 0 Å². The average molecular weight is 603 g/mol. The lowest BCUT2D eigenvalue weighted by Gasteiger charge is -2.31. The number of rotatable bonds is 8. The van der Waals surface area contributed by atoms with Gasteiger partial charge in [0.05, 0.1) is 29.3 Å². The summed E-state index contributed by atoms with van der Waals surface area (Å²) in [7, 11) is 0. The highest BCUT2D eigenvalue weighted by molar-refractivity contribution is 5.99. The largest absolute Gasteiger partial charge is 0.366 e. The van der Waals surface area contributed by atoms with Gasteiger partial charge in [0.15, 0.2) is 0 Å². The summed E-state index contributed by atoms with van der Waals surface area (Å²) in [6.45, 7) is 4.45. The third kappa shape index (κ3) is 5.02. The highest BCUT2D eigenvalue weighted by Gasteiger charge is 2.42. The van der Waals surface area contributed by atoms with Gasteiger partial charge in [0, 0.05) is 40.0 Å². The van der Waals surface area contributed by atoms with Crippen LogP contribution in [-0.4, -0.2) is 17.2 Å². The molecule has 6 N–H and O–H groups in total. The van der Waals surface area contributed by atoms with Gasteiger partial charge in [-0.15, -0.1) is 0 Å². The monoisotopic (exact) mass is 602 g/mol. The molecule has 0 saturated carbocycles. The molecule has 228 valence electrons. The van der Waals surface area contributed by atoms with Crippen molar-refractivity contribution >= 4 is 34.1 Å². The van der Waals surface area contributed by atoms with Crippen molar-refractivity contribution in [3.8, 4) is 0 Å². The van der Waals surface area contributed by atoms with Crippen LogP contribution >= 0.6 is 0 Å². The second kappa shape index (κ2) is 11.9. The number of H-pyrrole nitrogens is 1. The zero-order valence-electron chi connectivity index (χ0n) is 25.7. The van der Waals surface area contributed by atoms with Crippen LogP contribution in [0.15, 0.2) is 145 Å². The summed E-state index contributed by atoms with van der Waals surface area (Å²) in [5.41, 5.74) is 17.7. The Labute approximate surface area is 270 Å². The number of hydrogen-bond donors (Lipinski definition) is 5. The molecule has 3 aromatic carbocycles. The number of hydrogen-bond acceptors (Lipinski definition) is 5. The van der Waals surface area contributed by atoms with Gasteiger partial charge in [-0.05, 0) is 53.8 Å². The molecule has 0 radical (unpaired) electrons. The molecular weight excluding hydrogens is 564 g/mol. The van der Waals surface area contributed by atoms with Crippen molar-refractivity contribution in [2.45, 2.75) is 31.2 Å². The van der Waals surface area contributed by atoms with Crippen LogP contribution in [0.3, 0.4) is 0 Å². The average Bonchev–Trinajstić information content (AvgIpc) is 3.57. The number of para-hydroxylation sites is 1. The maximum Gasteiger partial charge on any atom is 0.104 e. The van der Waals surface area contributed by atoms with Crippen LogP contribution < -0.4 is 26.6 Å². The predicted octanol–water partition coefficient (Wildman–Crippen LogP) is 7.45. The molecule has 6 nitrogen and oxygen atoms in total. The summed E-state index contributed by atoms with van der Waals surface area (Å²) >= 11 is 0. The molecule has 6 heteroatoms. The first kappa shape index (κ1) is 28.2. The maximum absolute atomic E-state index is 6.62. The zero-order chi connectivity index (χ0) is 31.0. The lowest BCUT2D eigenvalue weighted by atomic mass is 9.94. The minimum Gasteiger partial charge on any atom is -0.366 e. The first-order valence-corrected chi connectivity index (χ1v) is 16.1. The lowest BCUT2D eigenvalue weighted by molar-refractivity contribution is 0.460. The van der Waals surface area contributed by atoms with Crippen LogP contribution in [0.2, 0.25) is 0 Å². The molecule has 4 aliphatic rings. The van der Waals surface area contributed by atoms with Crippen molar-refractivity contribution in [1.82, 2.24) is 20.9 Å². The number of nitrogens with one attached hydrogen (secondary N) is 4. The molecule has 0 bridgehead atoms. The number of nitrogens with two attached hydrogens (primary N) is 1. The van der Waals surface area contributed by atoms with Gasteiger partial charge >= 0.3 is 0 Å². The van der Waals surface area contributed by atoms with E-state index in [1.54, 1.807) is 0 Å². The molecule has 0 amide bonds. The van der Waals surface area contributed by atoms with E-state index in [0.717, 1.165) is 46.6 Å².